The van der Waals surface area contributed by atoms with E-state index in [2.05, 4.69) is 58.8 Å². The Morgan fingerprint density at radius 2 is 1.71 bits per heavy atom. The van der Waals surface area contributed by atoms with Gasteiger partial charge in [0.1, 0.15) is 0 Å². The summed E-state index contributed by atoms with van der Waals surface area (Å²) in [5.41, 5.74) is 2.26. The Bertz CT molecular complexity index is 750. The first kappa shape index (κ1) is 13.6. The maximum absolute atomic E-state index is 5.41. The summed E-state index contributed by atoms with van der Waals surface area (Å²) in [6.07, 6.45) is 1.75. The third-order valence-corrected chi connectivity index (χ3v) is 3.73. The number of hydrogen-bond acceptors (Lipinski definition) is 3. The zero-order valence-corrected chi connectivity index (χ0v) is 12.2. The second-order valence-electron chi connectivity index (χ2n) is 4.89. The van der Waals surface area contributed by atoms with E-state index in [9.17, 15) is 0 Å². The summed E-state index contributed by atoms with van der Waals surface area (Å²) >= 11 is 0. The minimum absolute atomic E-state index is 0.0414. The Morgan fingerprint density at radius 1 is 0.952 bits per heavy atom. The summed E-state index contributed by atoms with van der Waals surface area (Å²) in [5.74, 6) is 0.657. The Hall–Kier alpha value is -2.39. The van der Waals surface area contributed by atoms with E-state index in [4.69, 9.17) is 4.74 Å². The molecule has 1 atom stereocenters. The van der Waals surface area contributed by atoms with Crippen LogP contribution in [0.2, 0.25) is 0 Å². The molecule has 0 saturated carbocycles. The van der Waals surface area contributed by atoms with Crippen molar-refractivity contribution >= 4 is 10.8 Å². The fraction of sp³-hybridized carbons (Fsp3) is 0.167. The third-order valence-electron chi connectivity index (χ3n) is 3.73. The second-order valence-corrected chi connectivity index (χ2v) is 4.89. The van der Waals surface area contributed by atoms with Crippen LogP contribution >= 0.6 is 0 Å². The van der Waals surface area contributed by atoms with E-state index in [-0.39, 0.29) is 6.04 Å². The molecule has 0 aliphatic carbocycles. The van der Waals surface area contributed by atoms with Crippen LogP contribution in [-0.2, 0) is 0 Å². The van der Waals surface area contributed by atoms with Gasteiger partial charge in [0.15, 0.2) is 0 Å². The number of nitrogens with one attached hydrogen (secondary N) is 1. The Balaban J connectivity index is 2.19. The normalized spacial score (nSPS) is 12.3. The van der Waals surface area contributed by atoms with Gasteiger partial charge in [0.25, 0.3) is 0 Å². The average molecular weight is 278 g/mol. The van der Waals surface area contributed by atoms with Gasteiger partial charge in [-0.1, -0.05) is 48.5 Å². The van der Waals surface area contributed by atoms with E-state index in [1.165, 1.54) is 16.3 Å². The number of nitrogens with zero attached hydrogens (tertiary/aromatic N) is 1. The molecule has 3 aromatic rings. The molecule has 0 radical (unpaired) electrons. The number of ether oxygens (including phenoxy) is 1. The van der Waals surface area contributed by atoms with Crippen molar-refractivity contribution in [3.05, 3.63) is 71.9 Å². The van der Waals surface area contributed by atoms with E-state index in [1.54, 1.807) is 13.3 Å². The van der Waals surface area contributed by atoms with E-state index in [0.717, 1.165) is 5.56 Å². The Morgan fingerprint density at radius 3 is 2.52 bits per heavy atom. The van der Waals surface area contributed by atoms with Crippen LogP contribution in [0.4, 0.5) is 0 Å². The highest BCUT2D eigenvalue weighted by Crippen LogP contribution is 2.32. The Labute approximate surface area is 124 Å². The van der Waals surface area contributed by atoms with Gasteiger partial charge in [-0.25, -0.2) is 4.98 Å². The summed E-state index contributed by atoms with van der Waals surface area (Å²) in [6, 6.07) is 18.8. The molecule has 0 aliphatic rings. The predicted molar refractivity (Wildman–Crippen MR) is 85.6 cm³/mol. The lowest BCUT2D eigenvalue weighted by Crippen LogP contribution is -2.19. The summed E-state index contributed by atoms with van der Waals surface area (Å²) in [4.78, 5) is 4.31. The van der Waals surface area contributed by atoms with Crippen LogP contribution < -0.4 is 10.1 Å². The second kappa shape index (κ2) is 5.94. The van der Waals surface area contributed by atoms with Crippen molar-refractivity contribution in [3.63, 3.8) is 0 Å². The standard InChI is InChI=1S/C18H18N2O/c1-19-17(16-11-6-12-20-18(16)21-2)15-10-5-8-13-7-3-4-9-14(13)15/h3-12,17,19H,1-2H3. The topological polar surface area (TPSA) is 34.2 Å². The Kier molecular flexibility index (Phi) is 3.84. The van der Waals surface area contributed by atoms with Crippen LogP contribution in [0.15, 0.2) is 60.8 Å². The molecule has 21 heavy (non-hydrogen) atoms. The first-order valence-corrected chi connectivity index (χ1v) is 6.99. The maximum Gasteiger partial charge on any atom is 0.218 e. The lowest BCUT2D eigenvalue weighted by molar-refractivity contribution is 0.388. The number of rotatable bonds is 4. The van der Waals surface area contributed by atoms with Gasteiger partial charge in [-0.3, -0.25) is 0 Å². The zero-order chi connectivity index (χ0) is 14.7. The van der Waals surface area contributed by atoms with Crippen molar-refractivity contribution < 1.29 is 4.74 Å². The number of aromatic nitrogens is 1. The number of benzene rings is 2. The predicted octanol–water partition coefficient (Wildman–Crippen LogP) is 3.55. The molecule has 106 valence electrons. The molecule has 0 amide bonds. The van der Waals surface area contributed by atoms with E-state index >= 15 is 0 Å². The van der Waals surface area contributed by atoms with Gasteiger partial charge in [0.2, 0.25) is 5.88 Å². The number of methoxy groups -OCH3 is 1. The number of pyridine rings is 1. The molecule has 0 aliphatic heterocycles. The van der Waals surface area contributed by atoms with E-state index in [1.807, 2.05) is 13.1 Å². The summed E-state index contributed by atoms with van der Waals surface area (Å²) in [7, 11) is 3.61. The largest absolute Gasteiger partial charge is 0.481 e. The van der Waals surface area contributed by atoms with Crippen LogP contribution in [-0.4, -0.2) is 19.1 Å². The highest BCUT2D eigenvalue weighted by molar-refractivity contribution is 5.86. The van der Waals surface area contributed by atoms with E-state index in [0.29, 0.717) is 5.88 Å². The third kappa shape index (κ3) is 2.48. The number of hydrogen-bond donors (Lipinski definition) is 1. The molecule has 3 heteroatoms. The minimum atomic E-state index is 0.0414. The van der Waals surface area contributed by atoms with E-state index < -0.39 is 0 Å². The lowest BCUT2D eigenvalue weighted by atomic mass is 9.94. The molecule has 1 aromatic heterocycles. The van der Waals surface area contributed by atoms with Gasteiger partial charge in [-0.05, 0) is 29.4 Å². The highest BCUT2D eigenvalue weighted by atomic mass is 16.5. The minimum Gasteiger partial charge on any atom is -0.481 e. The fourth-order valence-corrected chi connectivity index (χ4v) is 2.77. The van der Waals surface area contributed by atoms with Crippen LogP contribution in [0.3, 0.4) is 0 Å². The van der Waals surface area contributed by atoms with Crippen molar-refractivity contribution in [1.82, 2.24) is 10.3 Å². The monoisotopic (exact) mass is 278 g/mol. The van der Waals surface area contributed by atoms with Crippen LogP contribution in [0.5, 0.6) is 5.88 Å². The molecular formula is C18H18N2O. The van der Waals surface area contributed by atoms with Gasteiger partial charge < -0.3 is 10.1 Å². The van der Waals surface area contributed by atoms with Crippen molar-refractivity contribution in [2.24, 2.45) is 0 Å². The van der Waals surface area contributed by atoms with Crippen molar-refractivity contribution in [2.45, 2.75) is 6.04 Å². The average Bonchev–Trinajstić information content (AvgIpc) is 2.56. The van der Waals surface area contributed by atoms with Gasteiger partial charge in [-0.2, -0.15) is 0 Å². The van der Waals surface area contributed by atoms with Gasteiger partial charge in [-0.15, -0.1) is 0 Å². The van der Waals surface area contributed by atoms with Crippen LogP contribution in [0.25, 0.3) is 10.8 Å². The lowest BCUT2D eigenvalue weighted by Gasteiger charge is -2.20. The smallest absolute Gasteiger partial charge is 0.218 e. The molecule has 2 aromatic carbocycles. The molecule has 0 fully saturated rings. The highest BCUT2D eigenvalue weighted by Gasteiger charge is 2.18. The maximum atomic E-state index is 5.41. The van der Waals surface area contributed by atoms with Crippen molar-refractivity contribution in [2.75, 3.05) is 14.2 Å². The molecule has 1 heterocycles. The summed E-state index contributed by atoms with van der Waals surface area (Å²) < 4.78 is 5.41. The van der Waals surface area contributed by atoms with Gasteiger partial charge >= 0.3 is 0 Å². The van der Waals surface area contributed by atoms with Crippen LogP contribution in [0.1, 0.15) is 17.2 Å². The molecule has 0 bridgehead atoms. The van der Waals surface area contributed by atoms with Crippen molar-refractivity contribution in [3.8, 4) is 5.88 Å². The summed E-state index contributed by atoms with van der Waals surface area (Å²) in [5, 5.41) is 5.86. The first-order chi connectivity index (χ1) is 10.3. The number of fused-ring (bicyclic) bond motifs is 1. The van der Waals surface area contributed by atoms with Crippen molar-refractivity contribution in [1.29, 1.82) is 0 Å². The SMILES string of the molecule is CNC(c1cccnc1OC)c1cccc2ccccc12. The molecule has 3 nitrogen and oxygen atoms in total. The van der Waals surface area contributed by atoms with Crippen LogP contribution in [0, 0.1) is 0 Å². The molecule has 0 saturated heterocycles. The van der Waals surface area contributed by atoms with Gasteiger partial charge in [0, 0.05) is 11.8 Å². The van der Waals surface area contributed by atoms with Gasteiger partial charge in [0.05, 0.1) is 13.2 Å². The molecule has 0 spiro atoms. The quantitative estimate of drug-likeness (QED) is 0.792. The zero-order valence-electron chi connectivity index (χ0n) is 12.2. The fourth-order valence-electron chi connectivity index (χ4n) is 2.77. The molecule has 1 N–H and O–H groups in total. The molecular weight excluding hydrogens is 260 g/mol. The summed E-state index contributed by atoms with van der Waals surface area (Å²) in [6.45, 7) is 0. The molecule has 3 rings (SSSR count). The first-order valence-electron chi connectivity index (χ1n) is 6.99. The molecule has 1 unspecified atom stereocenters.